The molecule has 0 saturated carbocycles. The average molecular weight is 241 g/mol. The maximum atomic E-state index is 10.5. The van der Waals surface area contributed by atoms with Gasteiger partial charge in [0.15, 0.2) is 0 Å². The first-order valence-electron chi connectivity index (χ1n) is 2.57. The Bertz CT molecular complexity index is 105. The van der Waals surface area contributed by atoms with Gasteiger partial charge in [-0.05, 0) is 0 Å². The van der Waals surface area contributed by atoms with Crippen LogP contribution in [0, 0.1) is 0 Å². The number of carbonyl (C=O) groups excluding carboxylic acids is 2. The predicted octanol–water partition coefficient (Wildman–Crippen LogP) is 0.127. The zero-order valence-corrected chi connectivity index (χ0v) is 7.05. The number of alkyl halides is 1. The molecule has 1 N–H and O–H groups in total. The van der Waals surface area contributed by atoms with E-state index in [4.69, 9.17) is 0 Å². The predicted molar refractivity (Wildman–Crippen MR) is 42.6 cm³/mol. The molecule has 0 aromatic carbocycles. The van der Waals surface area contributed by atoms with E-state index in [1.54, 1.807) is 0 Å². The molecule has 0 fully saturated rings. The van der Waals surface area contributed by atoms with Crippen molar-refractivity contribution in [1.29, 1.82) is 0 Å². The lowest BCUT2D eigenvalue weighted by molar-refractivity contribution is -0.118. The summed E-state index contributed by atoms with van der Waals surface area (Å²) in [5, 5.41) is 2.56. The topological polar surface area (TPSA) is 46.2 Å². The quantitative estimate of drug-likeness (QED) is 0.329. The zero-order valence-electron chi connectivity index (χ0n) is 4.89. The zero-order chi connectivity index (χ0) is 7.11. The minimum Gasteiger partial charge on any atom is -0.355 e. The van der Waals surface area contributed by atoms with Crippen molar-refractivity contribution in [2.45, 2.75) is 6.42 Å². The Morgan fingerprint density at radius 3 is 2.78 bits per heavy atom. The molecular weight excluding hydrogens is 233 g/mol. The van der Waals surface area contributed by atoms with Gasteiger partial charge < -0.3 is 10.1 Å². The van der Waals surface area contributed by atoms with E-state index in [0.29, 0.717) is 17.4 Å². The van der Waals surface area contributed by atoms with Gasteiger partial charge in [-0.15, -0.1) is 0 Å². The van der Waals surface area contributed by atoms with Gasteiger partial charge in [0, 0.05) is 13.0 Å². The minimum atomic E-state index is -0.0162. The first-order valence-corrected chi connectivity index (χ1v) is 4.10. The average Bonchev–Trinajstić information content (AvgIpc) is 1.89. The van der Waals surface area contributed by atoms with Crippen molar-refractivity contribution in [2.75, 3.05) is 11.0 Å². The summed E-state index contributed by atoms with van der Waals surface area (Å²) >= 11 is 1.96. The molecule has 0 aliphatic carbocycles. The third kappa shape index (κ3) is 5.75. The van der Waals surface area contributed by atoms with E-state index in [1.165, 1.54) is 0 Å². The second-order valence-electron chi connectivity index (χ2n) is 1.44. The van der Waals surface area contributed by atoms with Crippen molar-refractivity contribution in [3.05, 3.63) is 0 Å². The second kappa shape index (κ2) is 6.00. The SMILES string of the molecule is O=CCCNC(=O)CI. The van der Waals surface area contributed by atoms with Crippen LogP contribution in [-0.2, 0) is 9.59 Å². The summed E-state index contributed by atoms with van der Waals surface area (Å²) in [6, 6.07) is 0. The molecule has 0 heterocycles. The van der Waals surface area contributed by atoms with Crippen LogP contribution in [0.4, 0.5) is 0 Å². The highest BCUT2D eigenvalue weighted by Crippen LogP contribution is 1.78. The molecule has 52 valence electrons. The fourth-order valence-corrected chi connectivity index (χ4v) is 0.587. The summed E-state index contributed by atoms with van der Waals surface area (Å²) in [6.45, 7) is 0.464. The van der Waals surface area contributed by atoms with Crippen LogP contribution < -0.4 is 5.32 Å². The minimum absolute atomic E-state index is 0.0162. The Balaban J connectivity index is 3.06. The molecule has 0 atom stereocenters. The van der Waals surface area contributed by atoms with Crippen LogP contribution in [0.15, 0.2) is 0 Å². The lowest BCUT2D eigenvalue weighted by atomic mass is 10.5. The van der Waals surface area contributed by atoms with Gasteiger partial charge in [0.2, 0.25) is 5.91 Å². The van der Waals surface area contributed by atoms with E-state index in [-0.39, 0.29) is 5.91 Å². The lowest BCUT2D eigenvalue weighted by Gasteiger charge is -1.96. The van der Waals surface area contributed by atoms with Gasteiger partial charge in [-0.2, -0.15) is 0 Å². The maximum absolute atomic E-state index is 10.5. The van der Waals surface area contributed by atoms with Crippen molar-refractivity contribution in [3.63, 3.8) is 0 Å². The van der Waals surface area contributed by atoms with Crippen molar-refractivity contribution >= 4 is 34.8 Å². The highest BCUT2D eigenvalue weighted by atomic mass is 127. The molecule has 0 aliphatic heterocycles. The normalized spacial score (nSPS) is 8.56. The summed E-state index contributed by atoms with van der Waals surface area (Å²) in [5.41, 5.74) is 0. The van der Waals surface area contributed by atoms with Gasteiger partial charge in [0.05, 0.1) is 4.43 Å². The van der Waals surface area contributed by atoms with Crippen molar-refractivity contribution < 1.29 is 9.59 Å². The fraction of sp³-hybridized carbons (Fsp3) is 0.600. The standard InChI is InChI=1S/C5H8INO2/c6-4-5(9)7-2-1-3-8/h3H,1-2,4H2,(H,7,9). The van der Waals surface area contributed by atoms with Gasteiger partial charge in [-0.1, -0.05) is 22.6 Å². The number of hydrogen-bond acceptors (Lipinski definition) is 2. The van der Waals surface area contributed by atoms with Crippen LogP contribution >= 0.6 is 22.6 Å². The third-order valence-corrected chi connectivity index (χ3v) is 1.40. The van der Waals surface area contributed by atoms with Crippen LogP contribution in [-0.4, -0.2) is 23.2 Å². The Kier molecular flexibility index (Phi) is 5.91. The van der Waals surface area contributed by atoms with Crippen LogP contribution in [0.5, 0.6) is 0 Å². The Hall–Kier alpha value is -0.130. The number of amides is 1. The molecule has 4 heteroatoms. The molecule has 9 heavy (non-hydrogen) atoms. The highest BCUT2D eigenvalue weighted by molar-refractivity contribution is 14.1. The lowest BCUT2D eigenvalue weighted by Crippen LogP contribution is -2.25. The van der Waals surface area contributed by atoms with Gasteiger partial charge in [0.25, 0.3) is 0 Å². The number of halogens is 1. The van der Waals surface area contributed by atoms with Crippen LogP contribution in [0.1, 0.15) is 6.42 Å². The van der Waals surface area contributed by atoms with Crippen molar-refractivity contribution in [1.82, 2.24) is 5.32 Å². The Morgan fingerprint density at radius 1 is 1.67 bits per heavy atom. The van der Waals surface area contributed by atoms with E-state index in [0.717, 1.165) is 6.29 Å². The fourth-order valence-electron chi connectivity index (χ4n) is 0.318. The summed E-state index contributed by atoms with van der Waals surface area (Å²) in [7, 11) is 0. The highest BCUT2D eigenvalue weighted by Gasteiger charge is 1.93. The molecule has 0 spiro atoms. The first-order chi connectivity index (χ1) is 4.31. The number of aldehydes is 1. The van der Waals surface area contributed by atoms with Gasteiger partial charge in [0.1, 0.15) is 6.29 Å². The number of rotatable bonds is 4. The Morgan fingerprint density at radius 2 is 2.33 bits per heavy atom. The molecule has 0 radical (unpaired) electrons. The van der Waals surface area contributed by atoms with E-state index < -0.39 is 0 Å². The van der Waals surface area contributed by atoms with Gasteiger partial charge >= 0.3 is 0 Å². The van der Waals surface area contributed by atoms with Crippen LogP contribution in [0.3, 0.4) is 0 Å². The van der Waals surface area contributed by atoms with E-state index in [2.05, 4.69) is 5.32 Å². The molecule has 0 aromatic rings. The first kappa shape index (κ1) is 8.87. The monoisotopic (exact) mass is 241 g/mol. The maximum Gasteiger partial charge on any atom is 0.229 e. The molecule has 0 aliphatic rings. The summed E-state index contributed by atoms with van der Waals surface area (Å²) in [5.74, 6) is -0.0162. The van der Waals surface area contributed by atoms with E-state index in [1.807, 2.05) is 22.6 Å². The molecule has 1 amide bonds. The molecule has 0 rings (SSSR count). The number of carbonyl (C=O) groups is 2. The van der Waals surface area contributed by atoms with Crippen molar-refractivity contribution in [3.8, 4) is 0 Å². The smallest absolute Gasteiger partial charge is 0.229 e. The largest absolute Gasteiger partial charge is 0.355 e. The van der Waals surface area contributed by atoms with Crippen LogP contribution in [0.25, 0.3) is 0 Å². The van der Waals surface area contributed by atoms with Gasteiger partial charge in [-0.25, -0.2) is 0 Å². The second-order valence-corrected chi connectivity index (χ2v) is 2.20. The summed E-state index contributed by atoms with van der Waals surface area (Å²) in [6.07, 6.45) is 1.19. The molecule has 0 unspecified atom stereocenters. The van der Waals surface area contributed by atoms with E-state index >= 15 is 0 Å². The molecule has 3 nitrogen and oxygen atoms in total. The molecule has 0 bridgehead atoms. The Labute approximate surface area is 67.3 Å². The van der Waals surface area contributed by atoms with Gasteiger partial charge in [-0.3, -0.25) is 4.79 Å². The van der Waals surface area contributed by atoms with Crippen molar-refractivity contribution in [2.24, 2.45) is 0 Å². The number of hydrogen-bond donors (Lipinski definition) is 1. The summed E-state index contributed by atoms with van der Waals surface area (Å²) in [4.78, 5) is 20.2. The molecule has 0 saturated heterocycles. The molecular formula is C5H8INO2. The molecule has 0 aromatic heterocycles. The summed E-state index contributed by atoms with van der Waals surface area (Å²) < 4.78 is 0.455. The van der Waals surface area contributed by atoms with E-state index in [9.17, 15) is 9.59 Å². The number of nitrogens with one attached hydrogen (secondary N) is 1. The van der Waals surface area contributed by atoms with Crippen LogP contribution in [0.2, 0.25) is 0 Å². The third-order valence-electron chi connectivity index (χ3n) is 0.706.